The van der Waals surface area contributed by atoms with Gasteiger partial charge in [0.05, 0.1) is 26.4 Å². The van der Waals surface area contributed by atoms with Crippen molar-refractivity contribution >= 4 is 39.5 Å². The summed E-state index contributed by atoms with van der Waals surface area (Å²) in [4.78, 5) is 72.6. The molecule has 3 N–H and O–H groups in total. The van der Waals surface area contributed by atoms with Crippen LogP contribution in [-0.4, -0.2) is 96.7 Å². The number of ether oxygens (including phenoxy) is 4. The van der Waals surface area contributed by atoms with E-state index in [0.29, 0.717) is 25.7 Å². The highest BCUT2D eigenvalue weighted by Crippen LogP contribution is 2.45. The van der Waals surface area contributed by atoms with Gasteiger partial charge >= 0.3 is 39.5 Å². The highest BCUT2D eigenvalue weighted by Gasteiger charge is 2.30. The molecule has 19 heteroatoms. The lowest BCUT2D eigenvalue weighted by Crippen LogP contribution is -2.30. The van der Waals surface area contributed by atoms with Crippen molar-refractivity contribution in [2.45, 2.75) is 394 Å². The lowest BCUT2D eigenvalue weighted by molar-refractivity contribution is -0.161. The maximum atomic E-state index is 13.1. The third-order valence-electron chi connectivity index (χ3n) is 17.0. The quantitative estimate of drug-likeness (QED) is 0.0222. The van der Waals surface area contributed by atoms with Crippen molar-refractivity contribution in [3.05, 3.63) is 0 Å². The number of unbranched alkanes of at least 4 members (excludes halogenated alkanes) is 42. The molecule has 0 aliphatic heterocycles. The van der Waals surface area contributed by atoms with Gasteiger partial charge in [-0.1, -0.05) is 324 Å². The van der Waals surface area contributed by atoms with E-state index in [0.717, 1.165) is 102 Å². The van der Waals surface area contributed by atoms with Gasteiger partial charge in [-0.05, 0) is 37.5 Å². The molecular weight excluding hydrogens is 1210 g/mol. The maximum Gasteiger partial charge on any atom is 0.472 e. The van der Waals surface area contributed by atoms with Crippen molar-refractivity contribution in [1.29, 1.82) is 0 Å². The predicted molar refractivity (Wildman–Crippen MR) is 372 cm³/mol. The van der Waals surface area contributed by atoms with E-state index in [1.807, 2.05) is 0 Å². The van der Waals surface area contributed by atoms with Crippen LogP contribution in [0.5, 0.6) is 0 Å². The molecule has 0 fully saturated rings. The van der Waals surface area contributed by atoms with Gasteiger partial charge in [0.2, 0.25) is 0 Å². The van der Waals surface area contributed by atoms with Crippen molar-refractivity contribution in [3.63, 3.8) is 0 Å². The summed E-state index contributed by atoms with van der Waals surface area (Å²) in [5, 5.41) is 10.6. The van der Waals surface area contributed by atoms with Crippen LogP contribution in [0.1, 0.15) is 375 Å². The molecule has 5 atom stereocenters. The largest absolute Gasteiger partial charge is 0.472 e. The Morgan fingerprint density at radius 1 is 0.293 bits per heavy atom. The average molecular weight is 1350 g/mol. The van der Waals surface area contributed by atoms with E-state index in [2.05, 4.69) is 41.5 Å². The smallest absolute Gasteiger partial charge is 0.462 e. The van der Waals surface area contributed by atoms with Crippen LogP contribution in [0.25, 0.3) is 0 Å². The van der Waals surface area contributed by atoms with E-state index in [1.54, 1.807) is 0 Å². The summed E-state index contributed by atoms with van der Waals surface area (Å²) in [7, 11) is -9.90. The Kier molecular flexibility index (Phi) is 63.7. The maximum absolute atomic E-state index is 13.1. The van der Waals surface area contributed by atoms with Crippen LogP contribution in [0.4, 0.5) is 0 Å². The van der Waals surface area contributed by atoms with Crippen molar-refractivity contribution in [2.24, 2.45) is 11.8 Å². The summed E-state index contributed by atoms with van der Waals surface area (Å²) in [6.07, 6.45) is 51.2. The predicted octanol–water partition coefficient (Wildman–Crippen LogP) is 21.2. The van der Waals surface area contributed by atoms with Gasteiger partial charge in [0.15, 0.2) is 12.2 Å². The van der Waals surface area contributed by atoms with Crippen LogP contribution >= 0.6 is 15.6 Å². The molecule has 2 unspecified atom stereocenters. The Labute approximate surface area is 562 Å². The fourth-order valence-electron chi connectivity index (χ4n) is 11.1. The topological polar surface area (TPSA) is 237 Å². The molecule has 17 nitrogen and oxygen atoms in total. The zero-order chi connectivity index (χ0) is 67.9. The van der Waals surface area contributed by atoms with Gasteiger partial charge in [-0.25, -0.2) is 9.13 Å². The first-order chi connectivity index (χ1) is 44.4. The Balaban J connectivity index is 5.23. The molecule has 0 rings (SSSR count). The number of esters is 4. The van der Waals surface area contributed by atoms with Crippen molar-refractivity contribution in [3.8, 4) is 0 Å². The highest BCUT2D eigenvalue weighted by atomic mass is 31.2. The number of phosphoric ester groups is 2. The van der Waals surface area contributed by atoms with Crippen LogP contribution in [0.2, 0.25) is 0 Å². The SMILES string of the molecule is CCCCCCCCCCCCCC(=O)O[C@H](COC(=O)CCCCCCCCCCCC)COP(=O)(O)OC[C@H](O)COP(=O)(O)OC[C@@H](COC(=O)CCCCCCCCCCCCC(C)C)OC(=O)CCCCCCCCCCCCCCCCCC(C)C. The van der Waals surface area contributed by atoms with Crippen LogP contribution in [0, 0.1) is 11.8 Å². The average Bonchev–Trinajstić information content (AvgIpc) is 2.89. The second-order valence-corrected chi connectivity index (χ2v) is 30.2. The first-order valence-corrected chi connectivity index (χ1v) is 41.0. The highest BCUT2D eigenvalue weighted by molar-refractivity contribution is 7.47. The van der Waals surface area contributed by atoms with E-state index >= 15 is 0 Å². The van der Waals surface area contributed by atoms with E-state index in [9.17, 15) is 43.2 Å². The number of aliphatic hydroxyl groups excluding tert-OH is 1. The molecule has 0 aromatic carbocycles. The molecule has 0 aliphatic carbocycles. The zero-order valence-corrected chi connectivity index (χ0v) is 61.6. The van der Waals surface area contributed by atoms with Gasteiger partial charge in [0.1, 0.15) is 19.3 Å². The van der Waals surface area contributed by atoms with Gasteiger partial charge in [0, 0.05) is 25.7 Å². The minimum absolute atomic E-state index is 0.107. The lowest BCUT2D eigenvalue weighted by Gasteiger charge is -2.21. The molecule has 0 amide bonds. The standard InChI is InChI=1S/C73H142O17P2/c1-7-9-11-13-15-17-24-33-39-45-51-57-72(77)89-68(61-83-70(75)55-49-43-37-31-18-16-14-12-10-8-2)63-87-91(79,80)85-59-67(74)60-86-92(81,82)88-64-69(62-84-71(76)56-50-44-38-32-28-27-30-36-42-48-54-66(5)6)90-73(78)58-52-46-40-34-26-23-21-19-20-22-25-29-35-41-47-53-65(3)4/h65-69,74H,7-64H2,1-6H3,(H,79,80)(H,81,82)/t67-,68+,69+/m0/s1. The summed E-state index contributed by atoms with van der Waals surface area (Å²) in [5.74, 6) is -0.558. The van der Waals surface area contributed by atoms with Gasteiger partial charge in [0.25, 0.3) is 0 Å². The molecule has 0 aromatic rings. The molecule has 0 spiro atoms. The molecule has 0 saturated carbocycles. The normalized spacial score (nSPS) is 14.1. The molecule has 92 heavy (non-hydrogen) atoms. The Hall–Kier alpha value is -1.94. The van der Waals surface area contributed by atoms with Crippen LogP contribution in [0.15, 0.2) is 0 Å². The van der Waals surface area contributed by atoms with Crippen LogP contribution in [0.3, 0.4) is 0 Å². The summed E-state index contributed by atoms with van der Waals surface area (Å²) in [6.45, 7) is 9.58. The number of carbonyl (C=O) groups excluding carboxylic acids is 4. The lowest BCUT2D eigenvalue weighted by atomic mass is 10.0. The van der Waals surface area contributed by atoms with Crippen LogP contribution in [-0.2, 0) is 65.4 Å². The minimum Gasteiger partial charge on any atom is -0.462 e. The van der Waals surface area contributed by atoms with Gasteiger partial charge in [-0.3, -0.25) is 37.3 Å². The second-order valence-electron chi connectivity index (χ2n) is 27.3. The fourth-order valence-corrected chi connectivity index (χ4v) is 12.7. The minimum atomic E-state index is -4.95. The van der Waals surface area contributed by atoms with Gasteiger partial charge < -0.3 is 33.8 Å². The van der Waals surface area contributed by atoms with E-state index in [4.69, 9.17) is 37.0 Å². The fraction of sp³-hybridized carbons (Fsp3) is 0.945. The molecule has 546 valence electrons. The number of hydrogen-bond acceptors (Lipinski definition) is 15. The molecule has 0 saturated heterocycles. The van der Waals surface area contributed by atoms with E-state index < -0.39 is 97.5 Å². The third kappa shape index (κ3) is 66.7. The monoisotopic (exact) mass is 1350 g/mol. The molecule has 0 bridgehead atoms. The number of aliphatic hydroxyl groups is 1. The van der Waals surface area contributed by atoms with Crippen molar-refractivity contribution in [2.75, 3.05) is 39.6 Å². The summed E-state index contributed by atoms with van der Waals surface area (Å²) < 4.78 is 68.4. The molecular formula is C73H142O17P2. The zero-order valence-electron chi connectivity index (χ0n) is 59.9. The first-order valence-electron chi connectivity index (χ1n) is 38.0. The Bertz CT molecular complexity index is 1790. The molecule has 0 aliphatic rings. The number of rotatable bonds is 72. The van der Waals surface area contributed by atoms with E-state index in [-0.39, 0.29) is 25.7 Å². The third-order valence-corrected chi connectivity index (χ3v) is 18.9. The second kappa shape index (κ2) is 65.0. The summed E-state index contributed by atoms with van der Waals surface area (Å²) in [6, 6.07) is 0. The first kappa shape index (κ1) is 90.1. The summed E-state index contributed by atoms with van der Waals surface area (Å²) >= 11 is 0. The summed E-state index contributed by atoms with van der Waals surface area (Å²) in [5.41, 5.74) is 0. The number of hydrogen-bond donors (Lipinski definition) is 3. The number of phosphoric acid groups is 2. The van der Waals surface area contributed by atoms with Crippen LogP contribution < -0.4 is 0 Å². The van der Waals surface area contributed by atoms with Gasteiger partial charge in [-0.15, -0.1) is 0 Å². The number of carbonyl (C=O) groups is 4. The van der Waals surface area contributed by atoms with Gasteiger partial charge in [-0.2, -0.15) is 0 Å². The molecule has 0 heterocycles. The van der Waals surface area contributed by atoms with E-state index in [1.165, 1.54) is 193 Å². The Morgan fingerprint density at radius 3 is 0.739 bits per heavy atom. The van der Waals surface area contributed by atoms with Crippen molar-refractivity contribution < 1.29 is 80.2 Å². The Morgan fingerprint density at radius 2 is 0.500 bits per heavy atom. The molecule has 0 radical (unpaired) electrons. The molecule has 0 aromatic heterocycles. The van der Waals surface area contributed by atoms with Crippen molar-refractivity contribution in [1.82, 2.24) is 0 Å².